The molecule has 3 N–H and O–H groups in total. The van der Waals surface area contributed by atoms with Crippen molar-refractivity contribution in [2.45, 2.75) is 31.2 Å². The molecule has 2 amide bonds. The number of benzene rings is 1. The molecule has 0 radical (unpaired) electrons. The van der Waals surface area contributed by atoms with E-state index in [1.54, 1.807) is 13.8 Å². The number of hydrogen-bond donors (Lipinski definition) is 3. The molecule has 0 aliphatic carbocycles. The van der Waals surface area contributed by atoms with Gasteiger partial charge in [-0.05, 0) is 32.9 Å². The van der Waals surface area contributed by atoms with Gasteiger partial charge in [-0.25, -0.2) is 9.59 Å². The maximum absolute atomic E-state index is 12.3. The lowest BCUT2D eigenvalue weighted by Crippen LogP contribution is -2.49. The Labute approximate surface area is 171 Å². The summed E-state index contributed by atoms with van der Waals surface area (Å²) in [5, 5.41) is 17.6. The highest BCUT2D eigenvalue weighted by Gasteiger charge is 2.29. The van der Waals surface area contributed by atoms with Crippen LogP contribution in [0.2, 0.25) is 0 Å². The van der Waals surface area contributed by atoms with Crippen LogP contribution >= 0.6 is 23.1 Å². The van der Waals surface area contributed by atoms with Crippen LogP contribution in [0.15, 0.2) is 39.9 Å². The van der Waals surface area contributed by atoms with E-state index in [1.807, 2.05) is 31.2 Å². The Balaban J connectivity index is 1.68. The molecule has 1 aliphatic heterocycles. The van der Waals surface area contributed by atoms with E-state index >= 15 is 0 Å². The fourth-order valence-electron chi connectivity index (χ4n) is 2.61. The molecule has 3 rings (SSSR count). The molecule has 1 aliphatic rings. The third-order valence-electron chi connectivity index (χ3n) is 3.91. The van der Waals surface area contributed by atoms with Gasteiger partial charge in [0.15, 0.2) is 4.34 Å². The van der Waals surface area contributed by atoms with Gasteiger partial charge in [0.1, 0.15) is 0 Å². The number of esters is 1. The molecule has 2 aromatic rings. The Hall–Kier alpha value is -2.59. The first-order valence-electron chi connectivity index (χ1n) is 8.74. The third kappa shape index (κ3) is 5.02. The standard InChI is InChI=1S/C18H21N5O3S2/c1-4-26-15(24)14-11(3)19-16(25)21-13(14)9-27-18-23-22-17(28-18)20-12-7-5-10(2)6-8-12/h5-8,11H,4,9H2,1-3H3,(H,20,22)(H2,19,21,25)/t11-/m0/s1. The van der Waals surface area contributed by atoms with E-state index in [-0.39, 0.29) is 12.6 Å². The van der Waals surface area contributed by atoms with Gasteiger partial charge in [-0.3, -0.25) is 0 Å². The van der Waals surface area contributed by atoms with Crippen LogP contribution in [0, 0.1) is 6.92 Å². The topological polar surface area (TPSA) is 105 Å². The summed E-state index contributed by atoms with van der Waals surface area (Å²) in [5.74, 6) is -0.0532. The molecule has 28 heavy (non-hydrogen) atoms. The van der Waals surface area contributed by atoms with Crippen molar-refractivity contribution >= 4 is 45.9 Å². The molecule has 10 heteroatoms. The second kappa shape index (κ2) is 9.07. The normalized spacial score (nSPS) is 16.4. The molecule has 0 bridgehead atoms. The predicted molar refractivity (Wildman–Crippen MR) is 110 cm³/mol. The summed E-state index contributed by atoms with van der Waals surface area (Å²) in [4.78, 5) is 24.1. The number of urea groups is 1. The largest absolute Gasteiger partial charge is 0.463 e. The van der Waals surface area contributed by atoms with Gasteiger partial charge in [0.25, 0.3) is 0 Å². The van der Waals surface area contributed by atoms with Crippen molar-refractivity contribution in [3.05, 3.63) is 41.1 Å². The van der Waals surface area contributed by atoms with Gasteiger partial charge in [0.2, 0.25) is 5.13 Å². The molecule has 148 valence electrons. The minimum Gasteiger partial charge on any atom is -0.463 e. The van der Waals surface area contributed by atoms with Gasteiger partial charge in [-0.1, -0.05) is 40.8 Å². The fraction of sp³-hybridized carbons (Fsp3) is 0.333. The number of aromatic nitrogens is 2. The molecule has 0 saturated heterocycles. The van der Waals surface area contributed by atoms with Crippen molar-refractivity contribution in [3.63, 3.8) is 0 Å². The zero-order chi connectivity index (χ0) is 20.1. The number of carbonyl (C=O) groups is 2. The fourth-order valence-corrected chi connectivity index (χ4v) is 4.35. The lowest BCUT2D eigenvalue weighted by molar-refractivity contribution is -0.138. The second-order valence-electron chi connectivity index (χ2n) is 6.09. The number of aryl methyl sites for hydroxylation is 1. The summed E-state index contributed by atoms with van der Waals surface area (Å²) >= 11 is 2.81. The third-order valence-corrected chi connectivity index (χ3v) is 5.91. The lowest BCUT2D eigenvalue weighted by Gasteiger charge is -2.26. The number of nitrogens with zero attached hydrogens (tertiary/aromatic N) is 2. The van der Waals surface area contributed by atoms with E-state index in [0.29, 0.717) is 22.2 Å². The molecule has 8 nitrogen and oxygen atoms in total. The van der Waals surface area contributed by atoms with Crippen molar-refractivity contribution in [1.82, 2.24) is 20.8 Å². The molecule has 1 aromatic heterocycles. The molecule has 0 fully saturated rings. The Kier molecular flexibility index (Phi) is 6.53. The average Bonchev–Trinajstić information content (AvgIpc) is 3.09. The summed E-state index contributed by atoms with van der Waals surface area (Å²) in [6.45, 7) is 5.80. The average molecular weight is 420 g/mol. The molecular formula is C18H21N5O3S2. The molecular weight excluding hydrogens is 398 g/mol. The van der Waals surface area contributed by atoms with E-state index in [1.165, 1.54) is 28.7 Å². The molecule has 0 spiro atoms. The van der Waals surface area contributed by atoms with Gasteiger partial charge in [0, 0.05) is 17.1 Å². The van der Waals surface area contributed by atoms with Crippen molar-refractivity contribution in [1.29, 1.82) is 0 Å². The smallest absolute Gasteiger partial charge is 0.337 e. The molecule has 0 unspecified atom stereocenters. The zero-order valence-corrected chi connectivity index (χ0v) is 17.4. The van der Waals surface area contributed by atoms with Crippen LogP contribution in [0.1, 0.15) is 19.4 Å². The van der Waals surface area contributed by atoms with E-state index in [0.717, 1.165) is 10.0 Å². The van der Waals surface area contributed by atoms with Crippen LogP contribution in [0.25, 0.3) is 0 Å². The van der Waals surface area contributed by atoms with Crippen LogP contribution in [0.3, 0.4) is 0 Å². The summed E-state index contributed by atoms with van der Waals surface area (Å²) < 4.78 is 5.84. The SMILES string of the molecule is CCOC(=O)C1=C(CSc2nnc(Nc3ccc(C)cc3)s2)NC(=O)N[C@H]1C. The van der Waals surface area contributed by atoms with Crippen molar-refractivity contribution < 1.29 is 14.3 Å². The first kappa shape index (κ1) is 20.2. The maximum Gasteiger partial charge on any atom is 0.337 e. The van der Waals surface area contributed by atoms with Crippen molar-refractivity contribution in [3.8, 4) is 0 Å². The number of anilines is 2. The Morgan fingerprint density at radius 2 is 2.07 bits per heavy atom. The van der Waals surface area contributed by atoms with Gasteiger partial charge >= 0.3 is 12.0 Å². The number of amides is 2. The Bertz CT molecular complexity index is 895. The second-order valence-corrected chi connectivity index (χ2v) is 8.29. The number of carbonyl (C=O) groups excluding carboxylic acids is 2. The number of thioether (sulfide) groups is 1. The highest BCUT2D eigenvalue weighted by molar-refractivity contribution is 8.01. The number of nitrogens with one attached hydrogen (secondary N) is 3. The molecule has 0 saturated carbocycles. The highest BCUT2D eigenvalue weighted by atomic mass is 32.2. The number of hydrogen-bond acceptors (Lipinski definition) is 8. The summed E-state index contributed by atoms with van der Waals surface area (Å²) in [5.41, 5.74) is 3.08. The van der Waals surface area contributed by atoms with Gasteiger partial charge < -0.3 is 20.7 Å². The van der Waals surface area contributed by atoms with Crippen LogP contribution in [-0.4, -0.2) is 40.6 Å². The van der Waals surface area contributed by atoms with E-state index in [2.05, 4.69) is 26.1 Å². The maximum atomic E-state index is 12.3. The molecule has 1 atom stereocenters. The molecule has 1 aromatic carbocycles. The van der Waals surface area contributed by atoms with Crippen LogP contribution in [0.5, 0.6) is 0 Å². The minimum atomic E-state index is -0.433. The van der Waals surface area contributed by atoms with Crippen LogP contribution in [-0.2, 0) is 9.53 Å². The van der Waals surface area contributed by atoms with Gasteiger partial charge in [-0.2, -0.15) is 0 Å². The predicted octanol–water partition coefficient (Wildman–Crippen LogP) is 3.20. The lowest BCUT2D eigenvalue weighted by atomic mass is 10.1. The minimum absolute atomic E-state index is 0.272. The first-order chi connectivity index (χ1) is 13.5. The monoisotopic (exact) mass is 419 g/mol. The van der Waals surface area contributed by atoms with Gasteiger partial charge in [0.05, 0.1) is 18.2 Å². The van der Waals surface area contributed by atoms with E-state index < -0.39 is 12.0 Å². The first-order valence-corrected chi connectivity index (χ1v) is 10.5. The summed E-state index contributed by atoms with van der Waals surface area (Å²) in [6.07, 6.45) is 0. The Morgan fingerprint density at radius 1 is 1.32 bits per heavy atom. The highest BCUT2D eigenvalue weighted by Crippen LogP contribution is 2.30. The summed E-state index contributed by atoms with van der Waals surface area (Å²) in [6, 6.07) is 7.23. The number of rotatable bonds is 7. The van der Waals surface area contributed by atoms with Crippen LogP contribution < -0.4 is 16.0 Å². The van der Waals surface area contributed by atoms with E-state index in [9.17, 15) is 9.59 Å². The van der Waals surface area contributed by atoms with Crippen molar-refractivity contribution in [2.24, 2.45) is 0 Å². The van der Waals surface area contributed by atoms with Gasteiger partial charge in [-0.15, -0.1) is 10.2 Å². The summed E-state index contributed by atoms with van der Waals surface area (Å²) in [7, 11) is 0. The van der Waals surface area contributed by atoms with Crippen LogP contribution in [0.4, 0.5) is 15.6 Å². The number of ether oxygens (including phenoxy) is 1. The quantitative estimate of drug-likeness (QED) is 0.467. The molecule has 2 heterocycles. The van der Waals surface area contributed by atoms with Crippen molar-refractivity contribution in [2.75, 3.05) is 17.7 Å². The Morgan fingerprint density at radius 3 is 2.79 bits per heavy atom. The zero-order valence-electron chi connectivity index (χ0n) is 15.7. The van der Waals surface area contributed by atoms with E-state index in [4.69, 9.17) is 4.74 Å².